The van der Waals surface area contributed by atoms with Gasteiger partial charge in [-0.25, -0.2) is 0 Å². The summed E-state index contributed by atoms with van der Waals surface area (Å²) in [7, 11) is 0. The van der Waals surface area contributed by atoms with Gasteiger partial charge in [0.1, 0.15) is 0 Å². The second-order valence-corrected chi connectivity index (χ2v) is 15.8. The second kappa shape index (κ2) is 11.6. The van der Waals surface area contributed by atoms with E-state index in [1.807, 2.05) is 0 Å². The molecule has 3 aliphatic carbocycles. The van der Waals surface area contributed by atoms with Crippen LogP contribution in [-0.4, -0.2) is 0 Å². The third-order valence-electron chi connectivity index (χ3n) is 12.7. The predicted molar refractivity (Wildman–Crippen MR) is 215 cm³/mol. The quantitative estimate of drug-likeness (QED) is 0.172. The Labute approximate surface area is 302 Å². The predicted octanol–water partition coefficient (Wildman–Crippen LogP) is 13.8. The fraction of sp³-hybridized carbons (Fsp3) is 0.200. The molecule has 0 atom stereocenters. The molecule has 0 aliphatic heterocycles. The Hall–Kier alpha value is -5.40. The van der Waals surface area contributed by atoms with E-state index >= 15 is 0 Å². The van der Waals surface area contributed by atoms with E-state index in [2.05, 4.69) is 176 Å². The molecule has 0 heterocycles. The van der Waals surface area contributed by atoms with Gasteiger partial charge in [-0.05, 0) is 141 Å². The molecule has 0 amide bonds. The van der Waals surface area contributed by atoms with Gasteiger partial charge in [-0.3, -0.25) is 0 Å². The molecule has 248 valence electrons. The lowest BCUT2D eigenvalue weighted by Gasteiger charge is -2.30. The maximum Gasteiger partial charge on any atom is 0.0467 e. The van der Waals surface area contributed by atoms with Crippen LogP contribution in [0.2, 0.25) is 0 Å². The number of anilines is 3. The lowest BCUT2D eigenvalue weighted by atomic mass is 9.78. The van der Waals surface area contributed by atoms with Crippen LogP contribution in [0.1, 0.15) is 62.6 Å². The van der Waals surface area contributed by atoms with Crippen molar-refractivity contribution in [3.63, 3.8) is 0 Å². The summed E-state index contributed by atoms with van der Waals surface area (Å²) >= 11 is 0. The number of nitrogens with zero attached hydrogens (tertiary/aromatic N) is 1. The zero-order valence-corrected chi connectivity index (χ0v) is 29.6. The van der Waals surface area contributed by atoms with E-state index in [1.165, 1.54) is 110 Å². The first-order chi connectivity index (χ1) is 25.0. The molecule has 0 spiro atoms. The number of fused-ring (bicyclic) bond motifs is 6. The molecule has 2 bridgehead atoms. The van der Waals surface area contributed by atoms with Crippen LogP contribution >= 0.6 is 0 Å². The summed E-state index contributed by atoms with van der Waals surface area (Å²) in [6.07, 6.45) is 6.86. The van der Waals surface area contributed by atoms with Crippen molar-refractivity contribution in [2.75, 3.05) is 4.90 Å². The lowest BCUT2D eigenvalue weighted by molar-refractivity contribution is 0.419. The van der Waals surface area contributed by atoms with Gasteiger partial charge in [-0.1, -0.05) is 135 Å². The molecule has 0 aromatic heterocycles. The minimum atomic E-state index is -0.0727. The Morgan fingerprint density at radius 2 is 1.10 bits per heavy atom. The molecule has 0 radical (unpaired) electrons. The molecule has 3 aliphatic rings. The van der Waals surface area contributed by atoms with Crippen LogP contribution in [-0.2, 0) is 10.8 Å². The summed E-state index contributed by atoms with van der Waals surface area (Å²) in [5.74, 6) is 0.930. The summed E-state index contributed by atoms with van der Waals surface area (Å²) in [6, 6.07) is 59.2. The number of hydrogen-bond donors (Lipinski definition) is 0. The third kappa shape index (κ3) is 4.82. The largest absolute Gasteiger partial charge is 0.310 e. The Morgan fingerprint density at radius 3 is 1.84 bits per heavy atom. The molecule has 7 aromatic rings. The SMILES string of the molecule is CC1(C)c2ccccc2-c2ccc(N(c3ccc(C45CCC(CC4)C5)cc3)c3cccc(-c4cccc5cccc(-c6ccccc6)c45)c3)cc21. The summed E-state index contributed by atoms with van der Waals surface area (Å²) < 4.78 is 0. The smallest absolute Gasteiger partial charge is 0.0467 e. The van der Waals surface area contributed by atoms with Crippen molar-refractivity contribution in [3.8, 4) is 33.4 Å². The van der Waals surface area contributed by atoms with E-state index in [1.54, 1.807) is 0 Å². The minimum Gasteiger partial charge on any atom is -0.310 e. The summed E-state index contributed by atoms with van der Waals surface area (Å²) in [5, 5.41) is 2.55. The fourth-order valence-corrected chi connectivity index (χ4v) is 10.1. The van der Waals surface area contributed by atoms with Gasteiger partial charge in [0.05, 0.1) is 0 Å². The molecule has 1 heteroatoms. The average molecular weight is 658 g/mol. The normalized spacial score (nSPS) is 19.6. The van der Waals surface area contributed by atoms with Crippen LogP contribution in [0.15, 0.2) is 158 Å². The molecule has 1 nitrogen and oxygen atoms in total. The van der Waals surface area contributed by atoms with Crippen LogP contribution in [0.5, 0.6) is 0 Å². The molecule has 2 fully saturated rings. The van der Waals surface area contributed by atoms with Crippen LogP contribution in [0.4, 0.5) is 17.1 Å². The van der Waals surface area contributed by atoms with Crippen LogP contribution < -0.4 is 4.90 Å². The summed E-state index contributed by atoms with van der Waals surface area (Å²) in [5.41, 5.74) is 15.9. The maximum absolute atomic E-state index is 2.49. The molecule has 51 heavy (non-hydrogen) atoms. The molecule has 0 unspecified atom stereocenters. The molecule has 2 saturated carbocycles. The Morgan fingerprint density at radius 1 is 0.490 bits per heavy atom. The third-order valence-corrected chi connectivity index (χ3v) is 12.7. The van der Waals surface area contributed by atoms with Gasteiger partial charge in [0, 0.05) is 22.5 Å². The summed E-state index contributed by atoms with van der Waals surface area (Å²) in [4.78, 5) is 2.49. The van der Waals surface area contributed by atoms with Gasteiger partial charge >= 0.3 is 0 Å². The van der Waals surface area contributed by atoms with E-state index in [0.717, 1.165) is 5.92 Å². The van der Waals surface area contributed by atoms with E-state index < -0.39 is 0 Å². The van der Waals surface area contributed by atoms with Crippen molar-refractivity contribution >= 4 is 27.8 Å². The Balaban J connectivity index is 1.13. The number of rotatable bonds is 6. The minimum absolute atomic E-state index is 0.0727. The van der Waals surface area contributed by atoms with E-state index in [4.69, 9.17) is 0 Å². The zero-order valence-electron chi connectivity index (χ0n) is 29.6. The highest BCUT2D eigenvalue weighted by Crippen LogP contribution is 2.56. The fourth-order valence-electron chi connectivity index (χ4n) is 10.1. The first-order valence-electron chi connectivity index (χ1n) is 18.8. The second-order valence-electron chi connectivity index (χ2n) is 15.8. The van der Waals surface area contributed by atoms with Crippen molar-refractivity contribution < 1.29 is 0 Å². The van der Waals surface area contributed by atoms with Crippen molar-refractivity contribution in [2.24, 2.45) is 5.92 Å². The standard InChI is InChI=1S/C50H43N/c1-49(2)46-20-7-6-17-44(46)45-26-25-41(32-47(45)49)51(39-23-21-38(22-24-39)50-29-27-34(33-50)28-30-50)40-16-8-15-37(31-40)43-19-10-14-36-13-9-18-42(48(36)43)35-11-4-3-5-12-35/h3-26,31-32,34H,27-30,33H2,1-2H3. The van der Waals surface area contributed by atoms with Crippen LogP contribution in [0, 0.1) is 5.92 Å². The lowest BCUT2D eigenvalue weighted by Crippen LogP contribution is -2.20. The van der Waals surface area contributed by atoms with Crippen molar-refractivity contribution in [1.82, 2.24) is 0 Å². The highest BCUT2D eigenvalue weighted by molar-refractivity contribution is 6.06. The first-order valence-corrected chi connectivity index (χ1v) is 18.8. The van der Waals surface area contributed by atoms with Crippen LogP contribution in [0.25, 0.3) is 44.2 Å². The first kappa shape index (κ1) is 30.4. The monoisotopic (exact) mass is 657 g/mol. The Bertz CT molecular complexity index is 2420. The zero-order chi connectivity index (χ0) is 34.2. The Kier molecular flexibility index (Phi) is 6.90. The number of benzene rings is 7. The van der Waals surface area contributed by atoms with Gasteiger partial charge < -0.3 is 4.90 Å². The summed E-state index contributed by atoms with van der Waals surface area (Å²) in [6.45, 7) is 4.75. The molecule has 10 rings (SSSR count). The highest BCUT2D eigenvalue weighted by Gasteiger charge is 2.45. The molecule has 0 N–H and O–H groups in total. The topological polar surface area (TPSA) is 3.24 Å². The molecular weight excluding hydrogens is 615 g/mol. The molecule has 0 saturated heterocycles. The van der Waals surface area contributed by atoms with Gasteiger partial charge in [0.2, 0.25) is 0 Å². The van der Waals surface area contributed by atoms with Gasteiger partial charge in [-0.2, -0.15) is 0 Å². The van der Waals surface area contributed by atoms with E-state index in [0.29, 0.717) is 5.41 Å². The van der Waals surface area contributed by atoms with E-state index in [9.17, 15) is 0 Å². The van der Waals surface area contributed by atoms with Gasteiger partial charge in [0.15, 0.2) is 0 Å². The van der Waals surface area contributed by atoms with Gasteiger partial charge in [0.25, 0.3) is 0 Å². The maximum atomic E-state index is 2.49. The molecule has 7 aromatic carbocycles. The highest BCUT2D eigenvalue weighted by atomic mass is 15.1. The van der Waals surface area contributed by atoms with E-state index in [-0.39, 0.29) is 5.41 Å². The average Bonchev–Trinajstić information content (AvgIpc) is 3.87. The van der Waals surface area contributed by atoms with Gasteiger partial charge in [-0.15, -0.1) is 0 Å². The van der Waals surface area contributed by atoms with Crippen molar-refractivity contribution in [2.45, 2.75) is 56.8 Å². The van der Waals surface area contributed by atoms with Crippen molar-refractivity contribution in [1.29, 1.82) is 0 Å². The van der Waals surface area contributed by atoms with Crippen molar-refractivity contribution in [3.05, 3.63) is 174 Å². The molecular formula is C50H43N. The number of hydrogen-bond acceptors (Lipinski definition) is 1. The van der Waals surface area contributed by atoms with Crippen LogP contribution in [0.3, 0.4) is 0 Å².